The van der Waals surface area contributed by atoms with Gasteiger partial charge in [-0.1, -0.05) is 106 Å². The average molecular weight is 446 g/mol. The SMILES string of the molecule is CCCCCCCCCCCC(=O)Nc1cc(-c2ccccc2)nn1-c1ccc(C)cc1C. The van der Waals surface area contributed by atoms with Crippen molar-refractivity contribution < 1.29 is 4.79 Å². The molecule has 176 valence electrons. The second-order valence-corrected chi connectivity index (χ2v) is 9.11. The first-order chi connectivity index (χ1) is 16.1. The summed E-state index contributed by atoms with van der Waals surface area (Å²) in [5.41, 5.74) is 5.22. The van der Waals surface area contributed by atoms with Gasteiger partial charge in [-0.2, -0.15) is 5.10 Å². The maximum Gasteiger partial charge on any atom is 0.225 e. The summed E-state index contributed by atoms with van der Waals surface area (Å²) in [7, 11) is 0. The van der Waals surface area contributed by atoms with Gasteiger partial charge in [-0.25, -0.2) is 4.68 Å². The number of nitrogens with zero attached hydrogens (tertiary/aromatic N) is 2. The molecule has 3 aromatic rings. The Morgan fingerprint density at radius 3 is 2.18 bits per heavy atom. The second-order valence-electron chi connectivity index (χ2n) is 9.11. The number of hydrogen-bond acceptors (Lipinski definition) is 2. The van der Waals surface area contributed by atoms with Crippen LogP contribution in [0.2, 0.25) is 0 Å². The van der Waals surface area contributed by atoms with Gasteiger partial charge in [0, 0.05) is 18.1 Å². The van der Waals surface area contributed by atoms with E-state index in [1.165, 1.54) is 50.5 Å². The van der Waals surface area contributed by atoms with Crippen LogP contribution >= 0.6 is 0 Å². The lowest BCUT2D eigenvalue weighted by Gasteiger charge is -2.12. The Labute approximate surface area is 199 Å². The van der Waals surface area contributed by atoms with E-state index >= 15 is 0 Å². The van der Waals surface area contributed by atoms with Crippen molar-refractivity contribution in [2.24, 2.45) is 0 Å². The van der Waals surface area contributed by atoms with Crippen LogP contribution in [0.15, 0.2) is 54.6 Å². The molecule has 0 radical (unpaired) electrons. The first kappa shape index (κ1) is 24.8. The monoisotopic (exact) mass is 445 g/mol. The molecule has 3 rings (SSSR count). The molecular weight excluding hydrogens is 406 g/mol. The summed E-state index contributed by atoms with van der Waals surface area (Å²) >= 11 is 0. The highest BCUT2D eigenvalue weighted by Gasteiger charge is 2.15. The Balaban J connectivity index is 1.61. The minimum Gasteiger partial charge on any atom is -0.311 e. The molecule has 0 spiro atoms. The summed E-state index contributed by atoms with van der Waals surface area (Å²) < 4.78 is 1.87. The molecule has 0 bridgehead atoms. The third-order valence-electron chi connectivity index (χ3n) is 6.13. The minimum atomic E-state index is 0.0588. The van der Waals surface area contributed by atoms with Crippen LogP contribution in [0.5, 0.6) is 0 Å². The van der Waals surface area contributed by atoms with Crippen LogP contribution in [0.1, 0.15) is 82.3 Å². The smallest absolute Gasteiger partial charge is 0.225 e. The Morgan fingerprint density at radius 2 is 1.52 bits per heavy atom. The largest absolute Gasteiger partial charge is 0.311 e. The van der Waals surface area contributed by atoms with E-state index in [2.05, 4.69) is 44.3 Å². The van der Waals surface area contributed by atoms with Gasteiger partial charge >= 0.3 is 0 Å². The van der Waals surface area contributed by atoms with Crippen LogP contribution in [0, 0.1) is 13.8 Å². The fraction of sp³-hybridized carbons (Fsp3) is 0.448. The summed E-state index contributed by atoms with van der Waals surface area (Å²) in [5, 5.41) is 7.98. The van der Waals surface area contributed by atoms with Crippen molar-refractivity contribution in [1.82, 2.24) is 9.78 Å². The quantitative estimate of drug-likeness (QED) is 0.271. The minimum absolute atomic E-state index is 0.0588. The molecule has 0 unspecified atom stereocenters. The predicted molar refractivity (Wildman–Crippen MR) is 139 cm³/mol. The third kappa shape index (κ3) is 7.59. The molecule has 1 N–H and O–H groups in total. The number of amides is 1. The van der Waals surface area contributed by atoms with Crippen molar-refractivity contribution in [1.29, 1.82) is 0 Å². The number of aryl methyl sites for hydroxylation is 2. The first-order valence-electron chi connectivity index (χ1n) is 12.6. The zero-order valence-electron chi connectivity index (χ0n) is 20.6. The normalized spacial score (nSPS) is 11.0. The molecule has 0 fully saturated rings. The number of unbranched alkanes of at least 4 members (excludes halogenated alkanes) is 8. The van der Waals surface area contributed by atoms with Crippen molar-refractivity contribution in [3.05, 3.63) is 65.7 Å². The molecule has 0 aliphatic heterocycles. The topological polar surface area (TPSA) is 46.9 Å². The fourth-order valence-corrected chi connectivity index (χ4v) is 4.25. The molecular formula is C29H39N3O. The maximum absolute atomic E-state index is 12.7. The summed E-state index contributed by atoms with van der Waals surface area (Å²) in [4.78, 5) is 12.7. The zero-order chi connectivity index (χ0) is 23.5. The number of nitrogens with one attached hydrogen (secondary N) is 1. The van der Waals surface area contributed by atoms with E-state index in [1.807, 2.05) is 41.1 Å². The summed E-state index contributed by atoms with van der Waals surface area (Å²) in [6, 6.07) is 18.4. The van der Waals surface area contributed by atoms with Gasteiger partial charge in [-0.15, -0.1) is 0 Å². The van der Waals surface area contributed by atoms with Gasteiger partial charge < -0.3 is 5.32 Å². The number of anilines is 1. The van der Waals surface area contributed by atoms with E-state index in [-0.39, 0.29) is 5.91 Å². The van der Waals surface area contributed by atoms with E-state index in [0.717, 1.165) is 41.2 Å². The van der Waals surface area contributed by atoms with E-state index < -0.39 is 0 Å². The van der Waals surface area contributed by atoms with Crippen molar-refractivity contribution >= 4 is 11.7 Å². The lowest BCUT2D eigenvalue weighted by atomic mass is 10.1. The van der Waals surface area contributed by atoms with Crippen LogP contribution in [0.3, 0.4) is 0 Å². The number of rotatable bonds is 13. The molecule has 4 nitrogen and oxygen atoms in total. The van der Waals surface area contributed by atoms with Crippen LogP contribution in [-0.2, 0) is 4.79 Å². The number of hydrogen-bond donors (Lipinski definition) is 1. The number of aromatic nitrogens is 2. The summed E-state index contributed by atoms with van der Waals surface area (Å²) in [6.45, 7) is 6.42. The molecule has 0 atom stereocenters. The third-order valence-corrected chi connectivity index (χ3v) is 6.13. The standard InChI is InChI=1S/C29H39N3O/c1-4-5-6-7-8-9-10-11-15-18-29(33)30-28-22-26(25-16-13-12-14-17-25)31-32(28)27-20-19-23(2)21-24(27)3/h12-14,16-17,19-22H,4-11,15,18H2,1-3H3,(H,30,33). The number of carbonyl (C=O) groups is 1. The molecule has 0 saturated carbocycles. The van der Waals surface area contributed by atoms with Gasteiger partial charge in [0.2, 0.25) is 5.91 Å². The van der Waals surface area contributed by atoms with Crippen molar-refractivity contribution in [2.45, 2.75) is 85.0 Å². The van der Waals surface area contributed by atoms with Crippen LogP contribution in [0.25, 0.3) is 16.9 Å². The molecule has 0 aliphatic rings. The fourth-order valence-electron chi connectivity index (χ4n) is 4.25. The van der Waals surface area contributed by atoms with Gasteiger partial charge in [-0.05, 0) is 31.9 Å². The van der Waals surface area contributed by atoms with Crippen molar-refractivity contribution in [3.63, 3.8) is 0 Å². The van der Waals surface area contributed by atoms with Gasteiger partial charge in [0.25, 0.3) is 0 Å². The molecule has 2 aromatic carbocycles. The lowest BCUT2D eigenvalue weighted by Crippen LogP contribution is -2.15. The Bertz CT molecular complexity index is 1010. The van der Waals surface area contributed by atoms with Crippen LogP contribution in [0.4, 0.5) is 5.82 Å². The summed E-state index contributed by atoms with van der Waals surface area (Å²) in [5.74, 6) is 0.783. The highest BCUT2D eigenvalue weighted by atomic mass is 16.1. The molecule has 1 aromatic heterocycles. The van der Waals surface area contributed by atoms with Crippen LogP contribution < -0.4 is 5.32 Å². The van der Waals surface area contributed by atoms with Gasteiger partial charge in [0.15, 0.2) is 0 Å². The molecule has 0 aliphatic carbocycles. The Kier molecular flexibility index (Phi) is 9.74. The van der Waals surface area contributed by atoms with Crippen molar-refractivity contribution in [2.75, 3.05) is 5.32 Å². The highest BCUT2D eigenvalue weighted by molar-refractivity contribution is 5.90. The Morgan fingerprint density at radius 1 is 0.848 bits per heavy atom. The average Bonchev–Trinajstić information content (AvgIpc) is 3.22. The van der Waals surface area contributed by atoms with Gasteiger partial charge in [-0.3, -0.25) is 4.79 Å². The number of carbonyl (C=O) groups excluding carboxylic acids is 1. The van der Waals surface area contributed by atoms with E-state index in [1.54, 1.807) is 0 Å². The number of benzene rings is 2. The second kappa shape index (κ2) is 13.0. The first-order valence-corrected chi connectivity index (χ1v) is 12.6. The van der Waals surface area contributed by atoms with Crippen LogP contribution in [-0.4, -0.2) is 15.7 Å². The highest BCUT2D eigenvalue weighted by Crippen LogP contribution is 2.27. The van der Waals surface area contributed by atoms with E-state index in [4.69, 9.17) is 5.10 Å². The van der Waals surface area contributed by atoms with E-state index in [9.17, 15) is 4.79 Å². The van der Waals surface area contributed by atoms with Gasteiger partial charge in [0.05, 0.1) is 11.4 Å². The molecule has 1 heterocycles. The maximum atomic E-state index is 12.7. The molecule has 4 heteroatoms. The lowest BCUT2D eigenvalue weighted by molar-refractivity contribution is -0.116. The predicted octanol–water partition coefficient (Wildman–Crippen LogP) is 8.02. The molecule has 0 saturated heterocycles. The van der Waals surface area contributed by atoms with Gasteiger partial charge in [0.1, 0.15) is 5.82 Å². The Hall–Kier alpha value is -2.88. The zero-order valence-corrected chi connectivity index (χ0v) is 20.6. The van der Waals surface area contributed by atoms with Crippen molar-refractivity contribution in [3.8, 4) is 16.9 Å². The van der Waals surface area contributed by atoms with E-state index in [0.29, 0.717) is 6.42 Å². The summed E-state index contributed by atoms with van der Waals surface area (Å²) in [6.07, 6.45) is 11.8. The molecule has 1 amide bonds. The molecule has 33 heavy (non-hydrogen) atoms.